The van der Waals surface area contributed by atoms with E-state index in [0.29, 0.717) is 6.20 Å². The van der Waals surface area contributed by atoms with Gasteiger partial charge in [0.15, 0.2) is 5.82 Å². The van der Waals surface area contributed by atoms with Gasteiger partial charge in [-0.3, -0.25) is 9.78 Å². The minimum atomic E-state index is -4.97. The zero-order valence-electron chi connectivity index (χ0n) is 15.8. The second-order valence-electron chi connectivity index (χ2n) is 7.03. The number of hydrogen-bond acceptors (Lipinski definition) is 4. The molecule has 0 aliphatic heterocycles. The lowest BCUT2D eigenvalue weighted by Crippen LogP contribution is -2.62. The van der Waals surface area contributed by atoms with Gasteiger partial charge in [0.1, 0.15) is 21.8 Å². The number of alkyl halides is 5. The molecule has 0 unspecified atom stereocenters. The first-order valence-corrected chi connectivity index (χ1v) is 10.3. The number of carbonyl (C=O) groups excluding carboxylic acids is 1. The average molecular weight is 470 g/mol. The Morgan fingerprint density at radius 1 is 1.29 bits per heavy atom. The minimum absolute atomic E-state index is 0.138. The maximum atomic E-state index is 14.8. The molecule has 1 aliphatic rings. The van der Waals surface area contributed by atoms with E-state index in [9.17, 15) is 39.6 Å². The van der Waals surface area contributed by atoms with Crippen molar-refractivity contribution in [3.05, 3.63) is 41.7 Å². The maximum Gasteiger partial charge on any atom is 0.407 e. The van der Waals surface area contributed by atoms with Gasteiger partial charge in [-0.05, 0) is 31.4 Å². The van der Waals surface area contributed by atoms with Crippen molar-refractivity contribution in [3.8, 4) is 0 Å². The van der Waals surface area contributed by atoms with Crippen LogP contribution in [0.25, 0.3) is 0 Å². The number of rotatable bonds is 6. The Labute approximate surface area is 172 Å². The number of halogens is 6. The molecule has 0 atom stereocenters. The summed E-state index contributed by atoms with van der Waals surface area (Å²) in [5.74, 6) is -2.77. The van der Waals surface area contributed by atoms with Crippen LogP contribution in [0.2, 0.25) is 0 Å². The van der Waals surface area contributed by atoms with E-state index in [0.717, 1.165) is 29.9 Å². The summed E-state index contributed by atoms with van der Waals surface area (Å²) in [7, 11) is -3.87. The Balaban J connectivity index is 1.90. The molecule has 0 spiro atoms. The highest BCUT2D eigenvalue weighted by atomic mass is 32.2. The molecule has 2 N–H and O–H groups in total. The van der Waals surface area contributed by atoms with Crippen LogP contribution in [0.3, 0.4) is 0 Å². The quantitative estimate of drug-likeness (QED) is 0.632. The van der Waals surface area contributed by atoms with E-state index < -0.39 is 69.0 Å². The van der Waals surface area contributed by atoms with E-state index in [2.05, 4.69) is 10.3 Å². The second-order valence-corrected chi connectivity index (χ2v) is 8.68. The van der Waals surface area contributed by atoms with E-state index in [1.165, 1.54) is 4.72 Å². The fraction of sp³-hybridized carbons (Fsp3) is 0.412. The summed E-state index contributed by atoms with van der Waals surface area (Å²) in [6, 6.07) is 1.99. The average Bonchev–Trinajstić information content (AvgIpc) is 2.92. The van der Waals surface area contributed by atoms with Gasteiger partial charge in [-0.2, -0.15) is 17.9 Å². The maximum absolute atomic E-state index is 14.8. The lowest BCUT2D eigenvalue weighted by atomic mass is 9.77. The highest BCUT2D eigenvalue weighted by Gasteiger charge is 2.60. The molecule has 170 valence electrons. The van der Waals surface area contributed by atoms with Crippen LogP contribution in [0.15, 0.2) is 29.4 Å². The largest absolute Gasteiger partial charge is 0.407 e. The summed E-state index contributed by atoms with van der Waals surface area (Å²) in [5, 5.41) is 2.13. The normalized spacial score (nSPS) is 16.3. The van der Waals surface area contributed by atoms with Crippen molar-refractivity contribution >= 4 is 21.6 Å². The summed E-state index contributed by atoms with van der Waals surface area (Å²) >= 11 is 0. The number of carbonyl (C=O) groups is 1. The Kier molecular flexibility index (Phi) is 5.82. The Morgan fingerprint density at radius 3 is 2.45 bits per heavy atom. The number of hydrogen-bond donors (Lipinski definition) is 2. The van der Waals surface area contributed by atoms with Crippen LogP contribution in [-0.4, -0.2) is 35.6 Å². The van der Waals surface area contributed by atoms with Crippen molar-refractivity contribution in [3.63, 3.8) is 0 Å². The molecular weight excluding hydrogens is 454 g/mol. The van der Waals surface area contributed by atoms with Gasteiger partial charge in [0.2, 0.25) is 10.0 Å². The van der Waals surface area contributed by atoms with Gasteiger partial charge in [0, 0.05) is 25.1 Å². The molecule has 2 aromatic heterocycles. The molecule has 2 aromatic rings. The topological polar surface area (TPSA) is 93.1 Å². The van der Waals surface area contributed by atoms with Crippen LogP contribution < -0.4 is 10.0 Å². The molecule has 14 heteroatoms. The molecule has 0 aromatic carbocycles. The van der Waals surface area contributed by atoms with Crippen molar-refractivity contribution in [2.24, 2.45) is 7.05 Å². The van der Waals surface area contributed by atoms with Gasteiger partial charge in [-0.15, -0.1) is 0 Å². The van der Waals surface area contributed by atoms with Crippen LogP contribution >= 0.6 is 0 Å². The molecule has 7 nitrogen and oxygen atoms in total. The van der Waals surface area contributed by atoms with E-state index in [-0.39, 0.29) is 12.1 Å². The summed E-state index contributed by atoms with van der Waals surface area (Å²) in [6.07, 6.45) is -7.02. The first kappa shape index (κ1) is 23.1. The molecule has 1 amide bonds. The number of anilines is 1. The molecule has 0 bridgehead atoms. The zero-order valence-corrected chi connectivity index (χ0v) is 16.6. The van der Waals surface area contributed by atoms with Crippen LogP contribution in [0.5, 0.6) is 0 Å². The second kappa shape index (κ2) is 7.82. The molecule has 31 heavy (non-hydrogen) atoms. The Bertz CT molecular complexity index is 1110. The van der Waals surface area contributed by atoms with Crippen LogP contribution in [-0.2, 0) is 17.1 Å². The Hall–Kier alpha value is -2.61. The van der Waals surface area contributed by atoms with Crippen molar-refractivity contribution in [2.45, 2.75) is 42.3 Å². The number of pyridine rings is 1. The number of nitrogens with one attached hydrogen (secondary N) is 2. The Morgan fingerprint density at radius 2 is 1.94 bits per heavy atom. The standard InChI is InChI=1S/C17H16F6N4O3S/c1-27-8-11(31(29,30)26-16(4-2-5-16)17(21,22)23)12(18)13(27)15(28)25-9-3-6-24-10(7-9)14(19)20/h3,6-8,14,26H,2,4-5H2,1H3,(H,24,25,28). The number of sulfonamides is 1. The third kappa shape index (κ3) is 4.26. The molecule has 2 heterocycles. The van der Waals surface area contributed by atoms with Gasteiger partial charge >= 0.3 is 6.18 Å². The summed E-state index contributed by atoms with van der Waals surface area (Å²) in [5.41, 5.74) is -4.33. The number of aryl methyl sites for hydroxylation is 1. The summed E-state index contributed by atoms with van der Waals surface area (Å²) in [6.45, 7) is 0. The molecule has 0 radical (unpaired) electrons. The van der Waals surface area contributed by atoms with Crippen molar-refractivity contribution < 1.29 is 39.6 Å². The highest BCUT2D eigenvalue weighted by Crippen LogP contribution is 2.46. The predicted molar refractivity (Wildman–Crippen MR) is 95.5 cm³/mol. The SMILES string of the molecule is Cn1cc(S(=O)(=O)NC2(C(F)(F)F)CCC2)c(F)c1C(=O)Nc1ccnc(C(F)F)c1. The molecule has 1 aliphatic carbocycles. The van der Waals surface area contributed by atoms with Crippen LogP contribution in [0.1, 0.15) is 41.9 Å². The summed E-state index contributed by atoms with van der Waals surface area (Å²) < 4.78 is 107. The number of aromatic nitrogens is 2. The van der Waals surface area contributed by atoms with Gasteiger partial charge in [-0.1, -0.05) is 0 Å². The number of amides is 1. The predicted octanol–water partition coefficient (Wildman–Crippen LogP) is 3.51. The molecule has 0 saturated heterocycles. The van der Waals surface area contributed by atoms with Gasteiger partial charge in [-0.25, -0.2) is 21.6 Å². The van der Waals surface area contributed by atoms with E-state index in [1.54, 1.807) is 0 Å². The fourth-order valence-corrected chi connectivity index (χ4v) is 4.71. The molecule has 1 saturated carbocycles. The third-order valence-electron chi connectivity index (χ3n) is 4.93. The van der Waals surface area contributed by atoms with Crippen LogP contribution in [0.4, 0.5) is 32.0 Å². The van der Waals surface area contributed by atoms with Crippen molar-refractivity contribution in [1.29, 1.82) is 0 Å². The smallest absolute Gasteiger partial charge is 0.343 e. The monoisotopic (exact) mass is 470 g/mol. The highest BCUT2D eigenvalue weighted by molar-refractivity contribution is 7.89. The number of nitrogens with zero attached hydrogens (tertiary/aromatic N) is 2. The zero-order chi connectivity index (χ0) is 23.2. The molecule has 1 fully saturated rings. The van der Waals surface area contributed by atoms with Crippen molar-refractivity contribution in [2.75, 3.05) is 5.32 Å². The third-order valence-corrected chi connectivity index (χ3v) is 6.46. The summed E-state index contributed by atoms with van der Waals surface area (Å²) in [4.78, 5) is 14.7. The fourth-order valence-electron chi connectivity index (χ4n) is 3.14. The van der Waals surface area contributed by atoms with Gasteiger partial charge in [0.05, 0.1) is 0 Å². The van der Waals surface area contributed by atoms with Crippen LogP contribution in [0, 0.1) is 5.82 Å². The van der Waals surface area contributed by atoms with Gasteiger partial charge < -0.3 is 9.88 Å². The van der Waals surface area contributed by atoms with E-state index in [4.69, 9.17) is 0 Å². The minimum Gasteiger partial charge on any atom is -0.343 e. The lowest BCUT2D eigenvalue weighted by Gasteiger charge is -2.43. The molecular formula is C17H16F6N4O3S. The van der Waals surface area contributed by atoms with E-state index in [1.807, 2.05) is 0 Å². The first-order chi connectivity index (χ1) is 14.3. The van der Waals surface area contributed by atoms with Gasteiger partial charge in [0.25, 0.3) is 12.3 Å². The lowest BCUT2D eigenvalue weighted by molar-refractivity contribution is -0.212. The van der Waals surface area contributed by atoms with Crippen molar-refractivity contribution in [1.82, 2.24) is 14.3 Å². The first-order valence-electron chi connectivity index (χ1n) is 8.78. The molecule has 3 rings (SSSR count). The van der Waals surface area contributed by atoms with E-state index >= 15 is 0 Å².